The van der Waals surface area contributed by atoms with Gasteiger partial charge in [0.25, 0.3) is 0 Å². The summed E-state index contributed by atoms with van der Waals surface area (Å²) >= 11 is 0. The van der Waals surface area contributed by atoms with Crippen LogP contribution in [0.3, 0.4) is 0 Å². The molecule has 0 radical (unpaired) electrons. The maximum absolute atomic E-state index is 5.39. The summed E-state index contributed by atoms with van der Waals surface area (Å²) < 4.78 is 10.5. The fourth-order valence-corrected chi connectivity index (χ4v) is 2.77. The van der Waals surface area contributed by atoms with E-state index in [0.29, 0.717) is 6.04 Å². The summed E-state index contributed by atoms with van der Waals surface area (Å²) in [6.45, 7) is 2.86. The van der Waals surface area contributed by atoms with Gasteiger partial charge in [-0.1, -0.05) is 19.3 Å². The Balaban J connectivity index is 1.96. The van der Waals surface area contributed by atoms with Crippen LogP contribution in [0, 0.1) is 5.92 Å². The third-order valence-corrected chi connectivity index (χ3v) is 4.07. The summed E-state index contributed by atoms with van der Waals surface area (Å²) in [5.41, 5.74) is 0. The highest BCUT2D eigenvalue weighted by molar-refractivity contribution is 4.67. The van der Waals surface area contributed by atoms with Gasteiger partial charge in [0.1, 0.15) is 0 Å². The molecule has 1 aliphatic heterocycles. The van der Waals surface area contributed by atoms with E-state index >= 15 is 0 Å². The van der Waals surface area contributed by atoms with Crippen molar-refractivity contribution in [3.05, 3.63) is 0 Å². The molecular formula is C15H31NO2. The third-order valence-electron chi connectivity index (χ3n) is 4.07. The second kappa shape index (κ2) is 10.8. The molecule has 0 spiro atoms. The zero-order chi connectivity index (χ0) is 13.1. The average Bonchev–Trinajstić information content (AvgIpc) is 2.43. The van der Waals surface area contributed by atoms with E-state index in [2.05, 4.69) is 12.4 Å². The van der Waals surface area contributed by atoms with Gasteiger partial charge < -0.3 is 14.8 Å². The van der Waals surface area contributed by atoms with Crippen molar-refractivity contribution in [3.63, 3.8) is 0 Å². The van der Waals surface area contributed by atoms with Crippen molar-refractivity contribution in [1.82, 2.24) is 5.32 Å². The van der Waals surface area contributed by atoms with Crippen molar-refractivity contribution in [2.45, 2.75) is 57.4 Å². The van der Waals surface area contributed by atoms with Gasteiger partial charge in [0.15, 0.2) is 0 Å². The van der Waals surface area contributed by atoms with Crippen LogP contribution in [0.1, 0.15) is 51.4 Å². The van der Waals surface area contributed by atoms with Gasteiger partial charge in [-0.3, -0.25) is 0 Å². The van der Waals surface area contributed by atoms with E-state index < -0.39 is 0 Å². The van der Waals surface area contributed by atoms with Crippen molar-refractivity contribution in [3.8, 4) is 0 Å². The molecule has 1 heterocycles. The standard InChI is InChI=1S/C15H31NO2/c1-16-15(8-5-11-17-2)7-4-3-6-14-9-12-18-13-10-14/h14-16H,3-13H2,1-2H3. The minimum Gasteiger partial charge on any atom is -0.385 e. The average molecular weight is 257 g/mol. The van der Waals surface area contributed by atoms with E-state index in [1.165, 1.54) is 51.4 Å². The van der Waals surface area contributed by atoms with Crippen LogP contribution in [0.25, 0.3) is 0 Å². The topological polar surface area (TPSA) is 30.5 Å². The van der Waals surface area contributed by atoms with Crippen LogP contribution in [0.5, 0.6) is 0 Å². The fraction of sp³-hybridized carbons (Fsp3) is 1.00. The van der Waals surface area contributed by atoms with Crippen LogP contribution < -0.4 is 5.32 Å². The lowest BCUT2D eigenvalue weighted by atomic mass is 9.93. The molecular weight excluding hydrogens is 226 g/mol. The highest BCUT2D eigenvalue weighted by atomic mass is 16.5. The first kappa shape index (κ1) is 15.9. The third kappa shape index (κ3) is 7.34. The summed E-state index contributed by atoms with van der Waals surface area (Å²) in [4.78, 5) is 0. The summed E-state index contributed by atoms with van der Waals surface area (Å²) in [7, 11) is 3.86. The molecule has 1 unspecified atom stereocenters. The van der Waals surface area contributed by atoms with Crippen molar-refractivity contribution in [1.29, 1.82) is 0 Å². The van der Waals surface area contributed by atoms with Gasteiger partial charge >= 0.3 is 0 Å². The number of ether oxygens (including phenoxy) is 2. The Labute approximate surface area is 113 Å². The Hall–Kier alpha value is -0.120. The molecule has 3 nitrogen and oxygen atoms in total. The number of hydrogen-bond donors (Lipinski definition) is 1. The first-order valence-electron chi connectivity index (χ1n) is 7.60. The van der Waals surface area contributed by atoms with E-state index in [-0.39, 0.29) is 0 Å². The van der Waals surface area contributed by atoms with Crippen LogP contribution in [-0.4, -0.2) is 40.0 Å². The van der Waals surface area contributed by atoms with E-state index in [1.54, 1.807) is 7.11 Å². The molecule has 1 rings (SSSR count). The summed E-state index contributed by atoms with van der Waals surface area (Å²) in [6, 6.07) is 0.676. The van der Waals surface area contributed by atoms with Gasteiger partial charge in [-0.15, -0.1) is 0 Å². The molecule has 3 heteroatoms. The largest absolute Gasteiger partial charge is 0.385 e. The normalized spacial score (nSPS) is 19.0. The smallest absolute Gasteiger partial charge is 0.0468 e. The van der Waals surface area contributed by atoms with Gasteiger partial charge in [0.2, 0.25) is 0 Å². The van der Waals surface area contributed by atoms with E-state index in [4.69, 9.17) is 9.47 Å². The molecule has 0 aromatic heterocycles. The first-order valence-corrected chi connectivity index (χ1v) is 7.60. The molecule has 0 saturated carbocycles. The first-order chi connectivity index (χ1) is 8.86. The number of nitrogens with one attached hydrogen (secondary N) is 1. The van der Waals surface area contributed by atoms with Crippen molar-refractivity contribution in [2.75, 3.05) is 34.0 Å². The maximum Gasteiger partial charge on any atom is 0.0468 e. The van der Waals surface area contributed by atoms with E-state index in [9.17, 15) is 0 Å². The summed E-state index contributed by atoms with van der Waals surface area (Å²) in [5, 5.41) is 3.42. The fourth-order valence-electron chi connectivity index (χ4n) is 2.77. The highest BCUT2D eigenvalue weighted by Crippen LogP contribution is 2.21. The SMILES string of the molecule is CNC(CCCCC1CCOCC1)CCCOC. The molecule has 1 aliphatic rings. The number of methoxy groups -OCH3 is 1. The second-order valence-corrected chi connectivity index (χ2v) is 5.46. The van der Waals surface area contributed by atoms with Gasteiger partial charge in [-0.05, 0) is 45.1 Å². The summed E-state index contributed by atoms with van der Waals surface area (Å²) in [6.07, 6.45) is 10.4. The van der Waals surface area contributed by atoms with Crippen LogP contribution in [0.4, 0.5) is 0 Å². The molecule has 18 heavy (non-hydrogen) atoms. The molecule has 0 aromatic rings. The monoisotopic (exact) mass is 257 g/mol. The van der Waals surface area contributed by atoms with Crippen LogP contribution in [0.2, 0.25) is 0 Å². The Morgan fingerprint density at radius 2 is 1.89 bits per heavy atom. The van der Waals surface area contributed by atoms with Crippen LogP contribution in [-0.2, 0) is 9.47 Å². The Bertz CT molecular complexity index is 181. The number of rotatable bonds is 10. The lowest BCUT2D eigenvalue weighted by Crippen LogP contribution is -2.25. The van der Waals surface area contributed by atoms with E-state index in [0.717, 1.165) is 25.7 Å². The molecule has 0 bridgehead atoms. The lowest BCUT2D eigenvalue weighted by molar-refractivity contribution is 0.0630. The zero-order valence-corrected chi connectivity index (χ0v) is 12.2. The van der Waals surface area contributed by atoms with Crippen molar-refractivity contribution >= 4 is 0 Å². The predicted octanol–water partition coefficient (Wildman–Crippen LogP) is 2.99. The Kier molecular flexibility index (Phi) is 9.54. The summed E-state index contributed by atoms with van der Waals surface area (Å²) in [5.74, 6) is 0.931. The molecule has 0 aliphatic carbocycles. The number of hydrogen-bond acceptors (Lipinski definition) is 3. The van der Waals surface area contributed by atoms with Gasteiger partial charge in [-0.2, -0.15) is 0 Å². The van der Waals surface area contributed by atoms with Gasteiger partial charge in [0, 0.05) is 33.0 Å². The molecule has 1 saturated heterocycles. The van der Waals surface area contributed by atoms with E-state index in [1.807, 2.05) is 0 Å². The second-order valence-electron chi connectivity index (χ2n) is 5.46. The zero-order valence-electron chi connectivity index (χ0n) is 12.2. The Morgan fingerprint density at radius 1 is 1.17 bits per heavy atom. The van der Waals surface area contributed by atoms with Crippen LogP contribution >= 0.6 is 0 Å². The molecule has 1 atom stereocenters. The quantitative estimate of drug-likeness (QED) is 0.610. The Morgan fingerprint density at radius 3 is 2.56 bits per heavy atom. The molecule has 0 amide bonds. The van der Waals surface area contributed by atoms with Crippen molar-refractivity contribution in [2.24, 2.45) is 5.92 Å². The molecule has 1 fully saturated rings. The lowest BCUT2D eigenvalue weighted by Gasteiger charge is -2.22. The minimum absolute atomic E-state index is 0.676. The van der Waals surface area contributed by atoms with Gasteiger partial charge in [0.05, 0.1) is 0 Å². The van der Waals surface area contributed by atoms with Gasteiger partial charge in [-0.25, -0.2) is 0 Å². The van der Waals surface area contributed by atoms with Crippen LogP contribution in [0.15, 0.2) is 0 Å². The predicted molar refractivity (Wildman–Crippen MR) is 76.0 cm³/mol. The minimum atomic E-state index is 0.676. The maximum atomic E-state index is 5.39. The molecule has 108 valence electrons. The highest BCUT2D eigenvalue weighted by Gasteiger charge is 2.13. The van der Waals surface area contributed by atoms with Crippen molar-refractivity contribution < 1.29 is 9.47 Å². The molecule has 1 N–H and O–H groups in total. The molecule has 0 aromatic carbocycles. The number of unbranched alkanes of at least 4 members (excludes halogenated alkanes) is 1.